The van der Waals surface area contributed by atoms with Crippen LogP contribution in [0.5, 0.6) is 0 Å². The van der Waals surface area contributed by atoms with Crippen molar-refractivity contribution in [2.45, 2.75) is 19.8 Å². The fourth-order valence-electron chi connectivity index (χ4n) is 1.65. The summed E-state index contributed by atoms with van der Waals surface area (Å²) in [5, 5.41) is 15.2. The number of hydrogen-bond acceptors (Lipinski definition) is 4. The monoisotopic (exact) mass is 266 g/mol. The maximum atomic E-state index is 11.0. The van der Waals surface area contributed by atoms with E-state index in [-0.39, 0.29) is 10.8 Å². The molecule has 0 saturated carbocycles. The summed E-state index contributed by atoms with van der Waals surface area (Å²) in [5.41, 5.74) is 0.252. The predicted octanol–water partition coefficient (Wildman–Crippen LogP) is 2.78. The molecule has 2 aromatic rings. The average Bonchev–Trinajstić information content (AvgIpc) is 2.68. The smallest absolute Gasteiger partial charge is 0.258 e. The number of pyridine rings is 1. The van der Waals surface area contributed by atoms with Crippen LogP contribution in [0.4, 0.5) is 5.69 Å². The Bertz CT molecular complexity index is 568. The number of aromatic nitrogens is 3. The highest BCUT2D eigenvalue weighted by atomic mass is 35.5. The molecule has 2 heterocycles. The van der Waals surface area contributed by atoms with Crippen molar-refractivity contribution >= 4 is 17.3 Å². The van der Waals surface area contributed by atoms with E-state index in [9.17, 15) is 10.1 Å². The highest BCUT2D eigenvalue weighted by molar-refractivity contribution is 6.32. The van der Waals surface area contributed by atoms with Crippen LogP contribution in [0.15, 0.2) is 24.4 Å². The average molecular weight is 267 g/mol. The van der Waals surface area contributed by atoms with E-state index in [1.54, 1.807) is 24.4 Å². The first-order valence-electron chi connectivity index (χ1n) is 5.48. The molecule has 0 aliphatic rings. The van der Waals surface area contributed by atoms with Crippen molar-refractivity contribution in [3.05, 3.63) is 45.4 Å². The van der Waals surface area contributed by atoms with Gasteiger partial charge in [0.05, 0.1) is 4.92 Å². The first kappa shape index (κ1) is 12.5. The molecular weight excluding hydrogens is 256 g/mol. The van der Waals surface area contributed by atoms with Gasteiger partial charge in [0.25, 0.3) is 0 Å². The van der Waals surface area contributed by atoms with Crippen LogP contribution in [-0.2, 0) is 6.42 Å². The van der Waals surface area contributed by atoms with Gasteiger partial charge in [0.1, 0.15) is 5.69 Å². The van der Waals surface area contributed by atoms with Crippen LogP contribution in [0, 0.1) is 10.1 Å². The topological polar surface area (TPSA) is 73.8 Å². The molecule has 6 nitrogen and oxygen atoms in total. The van der Waals surface area contributed by atoms with Crippen LogP contribution in [0.25, 0.3) is 5.82 Å². The van der Waals surface area contributed by atoms with E-state index >= 15 is 0 Å². The lowest BCUT2D eigenvalue weighted by Crippen LogP contribution is -1.99. The molecule has 0 unspecified atom stereocenters. The molecule has 0 bridgehead atoms. The second-order valence-corrected chi connectivity index (χ2v) is 4.05. The summed E-state index contributed by atoms with van der Waals surface area (Å²) in [7, 11) is 0. The van der Waals surface area contributed by atoms with Gasteiger partial charge >= 0.3 is 5.69 Å². The Morgan fingerprint density at radius 3 is 2.83 bits per heavy atom. The Balaban J connectivity index is 2.57. The van der Waals surface area contributed by atoms with Gasteiger partial charge in [-0.2, -0.15) is 9.78 Å². The van der Waals surface area contributed by atoms with E-state index < -0.39 is 4.92 Å². The Hall–Kier alpha value is -1.95. The van der Waals surface area contributed by atoms with Gasteiger partial charge in [-0.25, -0.2) is 4.98 Å². The third-order valence-electron chi connectivity index (χ3n) is 2.41. The summed E-state index contributed by atoms with van der Waals surface area (Å²) < 4.78 is 1.30. The van der Waals surface area contributed by atoms with E-state index in [1.165, 1.54) is 4.68 Å². The van der Waals surface area contributed by atoms with E-state index in [1.807, 2.05) is 6.92 Å². The number of aryl methyl sites for hydroxylation is 1. The SMILES string of the molecule is CCCc1nn(-c2ccccn2)c(Cl)c1[N+](=O)[O-]. The summed E-state index contributed by atoms with van der Waals surface area (Å²) in [6, 6.07) is 5.21. The molecule has 0 amide bonds. The lowest BCUT2D eigenvalue weighted by atomic mass is 10.2. The van der Waals surface area contributed by atoms with Gasteiger partial charge in [-0.1, -0.05) is 31.0 Å². The summed E-state index contributed by atoms with van der Waals surface area (Å²) in [5.74, 6) is 0.466. The first-order valence-corrected chi connectivity index (χ1v) is 5.86. The number of nitro groups is 1. The van der Waals surface area contributed by atoms with Crippen LogP contribution in [0.1, 0.15) is 19.0 Å². The second-order valence-electron chi connectivity index (χ2n) is 3.69. The normalized spacial score (nSPS) is 10.6. The van der Waals surface area contributed by atoms with Crippen molar-refractivity contribution < 1.29 is 4.92 Å². The van der Waals surface area contributed by atoms with E-state index in [0.717, 1.165) is 6.42 Å². The number of hydrogen-bond donors (Lipinski definition) is 0. The van der Waals surface area contributed by atoms with Crippen molar-refractivity contribution in [2.24, 2.45) is 0 Å². The Labute approximate surface area is 108 Å². The molecule has 94 valence electrons. The first-order chi connectivity index (χ1) is 8.65. The summed E-state index contributed by atoms with van der Waals surface area (Å²) in [6.45, 7) is 1.93. The van der Waals surface area contributed by atoms with E-state index in [2.05, 4.69) is 10.1 Å². The fourth-order valence-corrected chi connectivity index (χ4v) is 1.95. The molecule has 0 aliphatic carbocycles. The molecule has 7 heteroatoms. The van der Waals surface area contributed by atoms with Crippen molar-refractivity contribution in [1.82, 2.24) is 14.8 Å². The van der Waals surface area contributed by atoms with Crippen LogP contribution in [0.2, 0.25) is 5.15 Å². The molecule has 0 aromatic carbocycles. The van der Waals surface area contributed by atoms with Crippen LogP contribution < -0.4 is 0 Å². The van der Waals surface area contributed by atoms with E-state index in [4.69, 9.17) is 11.6 Å². The zero-order chi connectivity index (χ0) is 13.1. The zero-order valence-corrected chi connectivity index (χ0v) is 10.5. The number of nitrogens with zero attached hydrogens (tertiary/aromatic N) is 4. The van der Waals surface area contributed by atoms with Crippen LogP contribution >= 0.6 is 11.6 Å². The minimum absolute atomic E-state index is 0.0119. The van der Waals surface area contributed by atoms with Crippen LogP contribution in [-0.4, -0.2) is 19.7 Å². The van der Waals surface area contributed by atoms with Gasteiger partial charge in [-0.3, -0.25) is 10.1 Å². The fraction of sp³-hybridized carbons (Fsp3) is 0.273. The van der Waals surface area contributed by atoms with Gasteiger partial charge in [-0.05, 0) is 18.6 Å². The molecular formula is C11H11ClN4O2. The van der Waals surface area contributed by atoms with Gasteiger partial charge in [0.2, 0.25) is 5.15 Å². The van der Waals surface area contributed by atoms with Crippen molar-refractivity contribution in [2.75, 3.05) is 0 Å². The van der Waals surface area contributed by atoms with Gasteiger partial charge in [0.15, 0.2) is 5.82 Å². The minimum atomic E-state index is -0.500. The molecule has 0 fully saturated rings. The highest BCUT2D eigenvalue weighted by Crippen LogP contribution is 2.30. The van der Waals surface area contributed by atoms with Gasteiger partial charge < -0.3 is 0 Å². The molecule has 0 spiro atoms. The number of rotatable bonds is 4. The third kappa shape index (κ3) is 2.19. The summed E-state index contributed by atoms with van der Waals surface area (Å²) in [4.78, 5) is 14.6. The molecule has 0 aliphatic heterocycles. The van der Waals surface area contributed by atoms with E-state index in [0.29, 0.717) is 17.9 Å². The standard InChI is InChI=1S/C11H11ClN4O2/c1-2-5-8-10(16(17)18)11(12)15(14-8)9-6-3-4-7-13-9/h3-4,6-7H,2,5H2,1H3. The molecule has 2 rings (SSSR count). The molecule has 0 saturated heterocycles. The van der Waals surface area contributed by atoms with Crippen molar-refractivity contribution in [1.29, 1.82) is 0 Å². The van der Waals surface area contributed by atoms with Crippen LogP contribution in [0.3, 0.4) is 0 Å². The van der Waals surface area contributed by atoms with Crippen molar-refractivity contribution in [3.63, 3.8) is 0 Å². The molecule has 0 N–H and O–H groups in total. The molecule has 0 radical (unpaired) electrons. The summed E-state index contributed by atoms with van der Waals surface area (Å²) >= 11 is 6.01. The third-order valence-corrected chi connectivity index (χ3v) is 2.75. The molecule has 2 aromatic heterocycles. The molecule has 0 atom stereocenters. The Kier molecular flexibility index (Phi) is 3.57. The van der Waals surface area contributed by atoms with Crippen molar-refractivity contribution in [3.8, 4) is 5.82 Å². The lowest BCUT2D eigenvalue weighted by molar-refractivity contribution is -0.385. The van der Waals surface area contributed by atoms with Gasteiger partial charge in [-0.15, -0.1) is 0 Å². The molecule has 18 heavy (non-hydrogen) atoms. The van der Waals surface area contributed by atoms with Gasteiger partial charge in [0, 0.05) is 6.20 Å². The second kappa shape index (κ2) is 5.14. The number of halogens is 1. The Morgan fingerprint density at radius 2 is 2.28 bits per heavy atom. The highest BCUT2D eigenvalue weighted by Gasteiger charge is 2.26. The minimum Gasteiger partial charge on any atom is -0.258 e. The largest absolute Gasteiger partial charge is 0.329 e. The quantitative estimate of drug-likeness (QED) is 0.630. The lowest BCUT2D eigenvalue weighted by Gasteiger charge is -1.99. The maximum Gasteiger partial charge on any atom is 0.329 e. The Morgan fingerprint density at radius 1 is 1.50 bits per heavy atom. The maximum absolute atomic E-state index is 11.0. The zero-order valence-electron chi connectivity index (χ0n) is 9.71. The predicted molar refractivity (Wildman–Crippen MR) is 67.0 cm³/mol. The summed E-state index contributed by atoms with van der Waals surface area (Å²) in [6.07, 6.45) is 2.85.